The van der Waals surface area contributed by atoms with E-state index in [0.29, 0.717) is 16.6 Å². The molecule has 4 aromatic rings. The third-order valence-corrected chi connectivity index (χ3v) is 7.09. The van der Waals surface area contributed by atoms with Gasteiger partial charge in [-0.05, 0) is 23.3 Å². The average Bonchev–Trinajstić information content (AvgIpc) is 3.24. The van der Waals surface area contributed by atoms with Gasteiger partial charge in [0.05, 0.1) is 18.6 Å². The van der Waals surface area contributed by atoms with E-state index in [1.54, 1.807) is 17.4 Å². The maximum absolute atomic E-state index is 6.41. The summed E-state index contributed by atoms with van der Waals surface area (Å²) in [6, 6.07) is 15.9. The number of anilines is 1. The zero-order chi connectivity index (χ0) is 21.9. The van der Waals surface area contributed by atoms with Gasteiger partial charge in [-0.25, -0.2) is 9.97 Å². The molecule has 1 saturated heterocycles. The molecular weight excluding hydrogens is 463 g/mol. The molecule has 1 aliphatic heterocycles. The number of hydrogen-bond donors (Lipinski definition) is 2. The first kappa shape index (κ1) is 21.6. The molecule has 0 spiro atoms. The van der Waals surface area contributed by atoms with Crippen molar-refractivity contribution in [3.8, 4) is 11.1 Å². The second-order valence-electron chi connectivity index (χ2n) is 7.81. The molecule has 32 heavy (non-hydrogen) atoms. The smallest absolute Gasteiger partial charge is 0.187 e. The number of halogens is 2. The van der Waals surface area contributed by atoms with Crippen molar-refractivity contribution < 1.29 is 9.64 Å². The largest absolute Gasteiger partial charge is 0.370 e. The molecule has 1 aliphatic rings. The Labute approximate surface area is 201 Å². The maximum Gasteiger partial charge on any atom is 0.187 e. The van der Waals surface area contributed by atoms with E-state index >= 15 is 0 Å². The van der Waals surface area contributed by atoms with E-state index in [1.807, 2.05) is 18.2 Å². The predicted octanol–water partition coefficient (Wildman–Crippen LogP) is 4.69. The first-order valence-electron chi connectivity index (χ1n) is 10.6. The summed E-state index contributed by atoms with van der Waals surface area (Å²) in [7, 11) is 0. The van der Waals surface area contributed by atoms with E-state index in [4.69, 9.17) is 37.9 Å². The van der Waals surface area contributed by atoms with Crippen molar-refractivity contribution in [2.45, 2.75) is 13.1 Å². The van der Waals surface area contributed by atoms with Gasteiger partial charge >= 0.3 is 0 Å². The Morgan fingerprint density at radius 3 is 2.62 bits per heavy atom. The minimum absolute atomic E-state index is 0.552. The molecule has 8 heteroatoms. The number of fused-ring (bicyclic) bond motifs is 1. The number of aromatic nitrogens is 2. The first-order chi connectivity index (χ1) is 15.7. The molecule has 0 atom stereocenters. The SMILES string of the molecule is Clc1ccc(CNc2nc(C[NH+]3CCOCC3)nc3scc(-c4ccccc4)c23)c(Cl)c1. The number of morpholine rings is 1. The summed E-state index contributed by atoms with van der Waals surface area (Å²) in [5.41, 5.74) is 3.27. The van der Waals surface area contributed by atoms with Crippen LogP contribution < -0.4 is 10.2 Å². The number of nitrogens with zero attached hydrogens (tertiary/aromatic N) is 2. The van der Waals surface area contributed by atoms with Crippen molar-refractivity contribution in [2.24, 2.45) is 0 Å². The number of hydrogen-bond acceptors (Lipinski definition) is 5. The molecule has 3 heterocycles. The molecule has 0 radical (unpaired) electrons. The second kappa shape index (κ2) is 9.73. The van der Waals surface area contributed by atoms with E-state index in [-0.39, 0.29) is 0 Å². The van der Waals surface area contributed by atoms with E-state index in [2.05, 4.69) is 35.0 Å². The van der Waals surface area contributed by atoms with Gasteiger partial charge in [0.25, 0.3) is 0 Å². The van der Waals surface area contributed by atoms with Crippen LogP contribution in [0.25, 0.3) is 21.3 Å². The number of rotatable bonds is 6. The van der Waals surface area contributed by atoms with E-state index in [0.717, 1.165) is 71.4 Å². The molecule has 0 aliphatic carbocycles. The fraction of sp³-hybridized carbons (Fsp3) is 0.250. The number of ether oxygens (including phenoxy) is 1. The van der Waals surface area contributed by atoms with Gasteiger partial charge in [-0.2, -0.15) is 0 Å². The lowest BCUT2D eigenvalue weighted by Gasteiger charge is -2.23. The highest BCUT2D eigenvalue weighted by molar-refractivity contribution is 7.17. The molecule has 5 nitrogen and oxygen atoms in total. The van der Waals surface area contributed by atoms with E-state index in [9.17, 15) is 0 Å². The Kier molecular flexibility index (Phi) is 6.57. The Hall–Kier alpha value is -2.22. The number of quaternary nitrogens is 1. The highest BCUT2D eigenvalue weighted by Crippen LogP contribution is 2.37. The summed E-state index contributed by atoms with van der Waals surface area (Å²) in [6.07, 6.45) is 0. The third-order valence-electron chi connectivity index (χ3n) is 5.63. The second-order valence-corrected chi connectivity index (χ2v) is 9.51. The van der Waals surface area contributed by atoms with Crippen LogP contribution in [0.4, 0.5) is 5.82 Å². The summed E-state index contributed by atoms with van der Waals surface area (Å²) in [6.45, 7) is 4.86. The number of nitrogens with one attached hydrogen (secondary N) is 2. The highest BCUT2D eigenvalue weighted by atomic mass is 35.5. The quantitative estimate of drug-likeness (QED) is 0.415. The van der Waals surface area contributed by atoms with Crippen LogP contribution in [-0.4, -0.2) is 36.3 Å². The molecule has 164 valence electrons. The van der Waals surface area contributed by atoms with Crippen LogP contribution in [-0.2, 0) is 17.8 Å². The van der Waals surface area contributed by atoms with Gasteiger partial charge in [-0.3, -0.25) is 0 Å². The van der Waals surface area contributed by atoms with Crippen LogP contribution in [0.15, 0.2) is 53.9 Å². The maximum atomic E-state index is 6.41. The monoisotopic (exact) mass is 485 g/mol. The van der Waals surface area contributed by atoms with Gasteiger partial charge in [0.1, 0.15) is 30.3 Å². The third kappa shape index (κ3) is 4.75. The molecular formula is C24H23Cl2N4OS+. The van der Waals surface area contributed by atoms with Gasteiger partial charge in [0.15, 0.2) is 5.82 Å². The number of benzene rings is 2. The van der Waals surface area contributed by atoms with Crippen LogP contribution in [0.2, 0.25) is 10.0 Å². The van der Waals surface area contributed by atoms with Crippen LogP contribution in [0.5, 0.6) is 0 Å². The lowest BCUT2D eigenvalue weighted by molar-refractivity contribution is -0.922. The summed E-state index contributed by atoms with van der Waals surface area (Å²) in [4.78, 5) is 12.3. The molecule has 2 N–H and O–H groups in total. The van der Waals surface area contributed by atoms with Gasteiger partial charge < -0.3 is 15.0 Å². The molecule has 0 saturated carbocycles. The number of thiophene rings is 1. The minimum atomic E-state index is 0.552. The lowest BCUT2D eigenvalue weighted by Crippen LogP contribution is -3.12. The molecule has 1 fully saturated rings. The molecule has 2 aromatic heterocycles. The van der Waals surface area contributed by atoms with Crippen LogP contribution >= 0.6 is 34.5 Å². The van der Waals surface area contributed by atoms with Crippen molar-refractivity contribution in [3.05, 3.63) is 75.3 Å². The van der Waals surface area contributed by atoms with Crippen LogP contribution in [0, 0.1) is 0 Å². The zero-order valence-electron chi connectivity index (χ0n) is 17.4. The topological polar surface area (TPSA) is 51.5 Å². The van der Waals surface area contributed by atoms with Gasteiger partial charge in [-0.15, -0.1) is 11.3 Å². The Morgan fingerprint density at radius 2 is 1.84 bits per heavy atom. The summed E-state index contributed by atoms with van der Waals surface area (Å²) in [5, 5.41) is 8.02. The van der Waals surface area contributed by atoms with Crippen molar-refractivity contribution in [2.75, 3.05) is 31.6 Å². The average molecular weight is 486 g/mol. The van der Waals surface area contributed by atoms with Gasteiger partial charge in [-0.1, -0.05) is 59.6 Å². The van der Waals surface area contributed by atoms with Crippen molar-refractivity contribution in [1.29, 1.82) is 0 Å². The van der Waals surface area contributed by atoms with E-state index < -0.39 is 0 Å². The van der Waals surface area contributed by atoms with Crippen LogP contribution in [0.1, 0.15) is 11.4 Å². The molecule has 0 unspecified atom stereocenters. The molecule has 0 bridgehead atoms. The Bertz CT molecular complexity index is 1230. The molecule has 2 aromatic carbocycles. The van der Waals surface area contributed by atoms with E-state index in [1.165, 1.54) is 4.90 Å². The predicted molar refractivity (Wildman–Crippen MR) is 132 cm³/mol. The lowest BCUT2D eigenvalue weighted by atomic mass is 10.1. The van der Waals surface area contributed by atoms with Crippen molar-refractivity contribution in [1.82, 2.24) is 9.97 Å². The minimum Gasteiger partial charge on any atom is -0.370 e. The summed E-state index contributed by atoms with van der Waals surface area (Å²) in [5.74, 6) is 1.68. The first-order valence-corrected chi connectivity index (χ1v) is 12.2. The molecule has 5 rings (SSSR count). The van der Waals surface area contributed by atoms with Crippen molar-refractivity contribution in [3.63, 3.8) is 0 Å². The van der Waals surface area contributed by atoms with Gasteiger partial charge in [0, 0.05) is 27.5 Å². The zero-order valence-corrected chi connectivity index (χ0v) is 19.7. The summed E-state index contributed by atoms with van der Waals surface area (Å²) < 4.78 is 5.50. The standard InChI is InChI=1S/C24H22Cl2N4OS/c25-18-7-6-17(20(26)12-18)13-27-23-22-19(16-4-2-1-3-5-16)15-32-24(22)29-21(28-23)14-30-8-10-31-11-9-30/h1-7,12,15H,8-11,13-14H2,(H,27,28,29)/p+1. The highest BCUT2D eigenvalue weighted by Gasteiger charge is 2.20. The fourth-order valence-electron chi connectivity index (χ4n) is 3.93. The molecule has 0 amide bonds. The normalized spacial score (nSPS) is 14.7. The van der Waals surface area contributed by atoms with Crippen molar-refractivity contribution >= 4 is 50.6 Å². The van der Waals surface area contributed by atoms with Gasteiger partial charge in [0.2, 0.25) is 0 Å². The summed E-state index contributed by atoms with van der Waals surface area (Å²) >= 11 is 14.1. The fourth-order valence-corrected chi connectivity index (χ4v) is 5.37. The van der Waals surface area contributed by atoms with Crippen LogP contribution in [0.3, 0.4) is 0 Å². The Balaban J connectivity index is 1.52. The Morgan fingerprint density at radius 1 is 1.03 bits per heavy atom.